The van der Waals surface area contributed by atoms with Crippen LogP contribution < -0.4 is 5.32 Å². The monoisotopic (exact) mass is 122 g/mol. The summed E-state index contributed by atoms with van der Waals surface area (Å²) in [7, 11) is 0. The van der Waals surface area contributed by atoms with Crippen molar-refractivity contribution >= 4 is 5.82 Å². The van der Waals surface area contributed by atoms with E-state index in [1.54, 1.807) is 0 Å². The molecule has 1 aromatic rings. The van der Waals surface area contributed by atoms with Crippen molar-refractivity contribution < 1.29 is 0 Å². The van der Waals surface area contributed by atoms with Gasteiger partial charge in [0.25, 0.3) is 0 Å². The zero-order valence-corrected chi connectivity index (χ0v) is 5.09. The Morgan fingerprint density at radius 3 is 3.67 bits per heavy atom. The number of hydrogen-bond donors (Lipinski definition) is 1. The van der Waals surface area contributed by atoms with Crippen LogP contribution in [0.15, 0.2) is 6.07 Å². The van der Waals surface area contributed by atoms with Gasteiger partial charge in [0.05, 0.1) is 0 Å². The van der Waals surface area contributed by atoms with E-state index in [0.29, 0.717) is 0 Å². The quantitative estimate of drug-likeness (QED) is 0.543. The van der Waals surface area contributed by atoms with E-state index in [1.807, 2.05) is 10.7 Å². The molecule has 2 rings (SSSR count). The number of nitrogens with one attached hydrogen (secondary N) is 1. The van der Waals surface area contributed by atoms with Crippen LogP contribution in [-0.2, 0) is 6.54 Å². The van der Waals surface area contributed by atoms with Gasteiger partial charge in [-0.15, -0.1) is 0 Å². The fourth-order valence-electron chi connectivity index (χ4n) is 1.05. The van der Waals surface area contributed by atoms with Gasteiger partial charge in [-0.25, -0.2) is 4.68 Å². The van der Waals surface area contributed by atoms with Gasteiger partial charge in [0.15, 0.2) is 0 Å². The Balaban J connectivity index is 2.39. The molecule has 2 heterocycles. The molecule has 3 nitrogen and oxygen atoms in total. The van der Waals surface area contributed by atoms with Gasteiger partial charge >= 0.3 is 0 Å². The molecule has 1 aromatic heterocycles. The average Bonchev–Trinajstić information content (AvgIpc) is 2.33. The topological polar surface area (TPSA) is 29.9 Å². The van der Waals surface area contributed by atoms with Crippen LogP contribution >= 0.6 is 0 Å². The Morgan fingerprint density at radius 1 is 1.78 bits per heavy atom. The number of hydrogen-bond acceptors (Lipinski definition) is 2. The SMILES string of the molecule is [c]1cc2n(n1)CCCN2. The molecular formula is C6H8N3. The van der Waals surface area contributed by atoms with Gasteiger partial charge in [-0.1, -0.05) is 0 Å². The Morgan fingerprint density at radius 2 is 2.78 bits per heavy atom. The van der Waals surface area contributed by atoms with Gasteiger partial charge in [0.1, 0.15) is 12.0 Å². The van der Waals surface area contributed by atoms with Crippen molar-refractivity contribution in [3.8, 4) is 0 Å². The summed E-state index contributed by atoms with van der Waals surface area (Å²) in [6.45, 7) is 2.10. The van der Waals surface area contributed by atoms with E-state index in [9.17, 15) is 0 Å². The zero-order chi connectivity index (χ0) is 6.10. The molecule has 0 saturated heterocycles. The summed E-state index contributed by atoms with van der Waals surface area (Å²) in [6, 6.07) is 1.87. The first-order valence-corrected chi connectivity index (χ1v) is 3.14. The van der Waals surface area contributed by atoms with E-state index >= 15 is 0 Å². The minimum atomic E-state index is 1.03. The van der Waals surface area contributed by atoms with Crippen LogP contribution in [0.3, 0.4) is 0 Å². The molecule has 1 aliphatic heterocycles. The van der Waals surface area contributed by atoms with E-state index < -0.39 is 0 Å². The van der Waals surface area contributed by atoms with Crippen molar-refractivity contribution in [2.45, 2.75) is 13.0 Å². The first kappa shape index (κ1) is 4.85. The minimum absolute atomic E-state index is 1.03. The van der Waals surface area contributed by atoms with Gasteiger partial charge < -0.3 is 5.32 Å². The van der Waals surface area contributed by atoms with E-state index in [1.165, 1.54) is 6.42 Å². The number of aromatic nitrogens is 2. The third-order valence-corrected chi connectivity index (χ3v) is 1.51. The Hall–Kier alpha value is -0.990. The van der Waals surface area contributed by atoms with Gasteiger partial charge in [0.2, 0.25) is 0 Å². The van der Waals surface area contributed by atoms with Crippen molar-refractivity contribution in [1.29, 1.82) is 0 Å². The second kappa shape index (κ2) is 1.76. The first-order valence-electron chi connectivity index (χ1n) is 3.14. The zero-order valence-electron chi connectivity index (χ0n) is 5.09. The average molecular weight is 122 g/mol. The molecule has 0 aliphatic carbocycles. The fraction of sp³-hybridized carbons (Fsp3) is 0.500. The molecule has 1 radical (unpaired) electrons. The van der Waals surface area contributed by atoms with E-state index in [-0.39, 0.29) is 0 Å². The Labute approximate surface area is 53.7 Å². The minimum Gasteiger partial charge on any atom is -0.370 e. The Kier molecular flexibility index (Phi) is 0.946. The van der Waals surface area contributed by atoms with E-state index in [2.05, 4.69) is 16.6 Å². The van der Waals surface area contributed by atoms with Gasteiger partial charge in [0, 0.05) is 19.2 Å². The molecule has 0 saturated carbocycles. The third-order valence-electron chi connectivity index (χ3n) is 1.51. The normalized spacial score (nSPS) is 16.4. The maximum absolute atomic E-state index is 3.99. The van der Waals surface area contributed by atoms with Crippen molar-refractivity contribution in [2.24, 2.45) is 0 Å². The lowest BCUT2D eigenvalue weighted by Gasteiger charge is -2.14. The molecule has 0 amide bonds. The summed E-state index contributed by atoms with van der Waals surface area (Å²) >= 11 is 0. The smallest absolute Gasteiger partial charge is 0.124 e. The lowest BCUT2D eigenvalue weighted by molar-refractivity contribution is 0.567. The van der Waals surface area contributed by atoms with Crippen LogP contribution in [0.4, 0.5) is 5.82 Å². The summed E-state index contributed by atoms with van der Waals surface area (Å²) in [6.07, 6.45) is 3.96. The van der Waals surface area contributed by atoms with E-state index in [0.717, 1.165) is 18.9 Å². The standard InChI is InChI=1S/C6H8N3/c1-3-7-6-2-4-8-9(6)5-1/h2,7H,1,3,5H2. The molecule has 0 spiro atoms. The highest BCUT2D eigenvalue weighted by Gasteiger charge is 2.05. The van der Waals surface area contributed by atoms with Gasteiger partial charge in [-0.2, -0.15) is 5.10 Å². The summed E-state index contributed by atoms with van der Waals surface area (Å²) in [5.41, 5.74) is 0. The van der Waals surface area contributed by atoms with Crippen LogP contribution in [0.1, 0.15) is 6.42 Å². The molecule has 1 aliphatic rings. The number of nitrogens with zero attached hydrogens (tertiary/aromatic N) is 2. The summed E-state index contributed by atoms with van der Waals surface area (Å²) in [4.78, 5) is 0. The maximum Gasteiger partial charge on any atom is 0.124 e. The number of rotatable bonds is 0. The lowest BCUT2D eigenvalue weighted by atomic mass is 10.3. The predicted molar refractivity (Wildman–Crippen MR) is 34.2 cm³/mol. The predicted octanol–water partition coefficient (Wildman–Crippen LogP) is 0.499. The van der Waals surface area contributed by atoms with Crippen molar-refractivity contribution in [3.05, 3.63) is 12.3 Å². The Bertz CT molecular complexity index is 183. The van der Waals surface area contributed by atoms with Crippen molar-refractivity contribution in [3.63, 3.8) is 0 Å². The number of aryl methyl sites for hydroxylation is 1. The molecular weight excluding hydrogens is 114 g/mol. The molecule has 0 atom stereocenters. The van der Waals surface area contributed by atoms with Crippen LogP contribution in [0, 0.1) is 6.20 Å². The molecule has 3 heteroatoms. The third kappa shape index (κ3) is 0.686. The van der Waals surface area contributed by atoms with Gasteiger partial charge in [-0.3, -0.25) is 0 Å². The largest absolute Gasteiger partial charge is 0.370 e. The summed E-state index contributed by atoms with van der Waals surface area (Å²) in [5, 5.41) is 7.20. The molecule has 9 heavy (non-hydrogen) atoms. The number of fused-ring (bicyclic) bond motifs is 1. The van der Waals surface area contributed by atoms with Gasteiger partial charge in [-0.05, 0) is 6.42 Å². The van der Waals surface area contributed by atoms with E-state index in [4.69, 9.17) is 0 Å². The second-order valence-electron chi connectivity index (χ2n) is 2.16. The maximum atomic E-state index is 3.99. The summed E-state index contributed by atoms with van der Waals surface area (Å²) < 4.78 is 1.93. The molecule has 0 unspecified atom stereocenters. The fourth-order valence-corrected chi connectivity index (χ4v) is 1.05. The highest BCUT2D eigenvalue weighted by Crippen LogP contribution is 2.10. The van der Waals surface area contributed by atoms with Crippen LogP contribution in [0.2, 0.25) is 0 Å². The molecule has 0 aromatic carbocycles. The molecule has 0 fully saturated rings. The lowest BCUT2D eigenvalue weighted by Crippen LogP contribution is -2.17. The highest BCUT2D eigenvalue weighted by molar-refractivity contribution is 5.34. The second-order valence-corrected chi connectivity index (χ2v) is 2.16. The summed E-state index contributed by atoms with van der Waals surface area (Å²) in [5.74, 6) is 1.10. The van der Waals surface area contributed by atoms with Crippen LogP contribution in [0.5, 0.6) is 0 Å². The number of anilines is 1. The first-order chi connectivity index (χ1) is 4.47. The van der Waals surface area contributed by atoms with Crippen LogP contribution in [0.25, 0.3) is 0 Å². The van der Waals surface area contributed by atoms with Crippen LogP contribution in [-0.4, -0.2) is 16.3 Å². The van der Waals surface area contributed by atoms with Crippen molar-refractivity contribution in [1.82, 2.24) is 9.78 Å². The molecule has 0 bridgehead atoms. The molecule has 1 N–H and O–H groups in total. The highest BCUT2D eigenvalue weighted by atomic mass is 15.3. The molecule has 47 valence electrons. The van der Waals surface area contributed by atoms with Crippen molar-refractivity contribution in [2.75, 3.05) is 11.9 Å².